The van der Waals surface area contributed by atoms with E-state index in [-0.39, 0.29) is 10.0 Å². The number of halogens is 1. The van der Waals surface area contributed by atoms with Crippen molar-refractivity contribution in [3.8, 4) is 0 Å². The maximum atomic E-state index is 12.9. The molecular formula is C15H23FN4O3S2. The first-order valence-electron chi connectivity index (χ1n) is 7.73. The third-order valence-corrected chi connectivity index (χ3v) is 4.96. The average Bonchev–Trinajstić information content (AvgIpc) is 2.52. The van der Waals surface area contributed by atoms with E-state index in [1.165, 1.54) is 6.92 Å². The first-order valence-corrected chi connectivity index (χ1v) is 9.62. The minimum Gasteiger partial charge on any atom is -0.361 e. The van der Waals surface area contributed by atoms with Crippen molar-refractivity contribution in [1.82, 2.24) is 20.9 Å². The largest absolute Gasteiger partial charge is 0.361 e. The fourth-order valence-corrected chi connectivity index (χ4v) is 3.07. The second kappa shape index (κ2) is 9.64. The number of sulfonamides is 1. The SMILES string of the molecule is CC(C)CCNC(=S)NNC(=O)[C@H](C)NS(=O)(=O)c1ccc(F)cc1. The molecule has 0 aliphatic rings. The van der Waals surface area contributed by atoms with Crippen LogP contribution in [0.3, 0.4) is 0 Å². The first kappa shape index (κ1) is 21.3. The van der Waals surface area contributed by atoms with Crippen LogP contribution in [-0.4, -0.2) is 32.0 Å². The summed E-state index contributed by atoms with van der Waals surface area (Å²) >= 11 is 5.00. The molecule has 0 aliphatic heterocycles. The van der Waals surface area contributed by atoms with Gasteiger partial charge in [-0.25, -0.2) is 12.8 Å². The number of carbonyl (C=O) groups excluding carboxylic acids is 1. The van der Waals surface area contributed by atoms with E-state index in [9.17, 15) is 17.6 Å². The Morgan fingerprint density at radius 1 is 1.16 bits per heavy atom. The lowest BCUT2D eigenvalue weighted by molar-refractivity contribution is -0.122. The van der Waals surface area contributed by atoms with Gasteiger partial charge in [0.2, 0.25) is 10.0 Å². The number of benzene rings is 1. The van der Waals surface area contributed by atoms with Gasteiger partial charge in [0.25, 0.3) is 5.91 Å². The molecule has 0 aliphatic carbocycles. The monoisotopic (exact) mass is 390 g/mol. The number of carbonyl (C=O) groups is 1. The van der Waals surface area contributed by atoms with Crippen LogP contribution < -0.4 is 20.9 Å². The summed E-state index contributed by atoms with van der Waals surface area (Å²) in [6.45, 7) is 6.20. The molecule has 25 heavy (non-hydrogen) atoms. The molecule has 4 N–H and O–H groups in total. The highest BCUT2D eigenvalue weighted by Crippen LogP contribution is 2.10. The van der Waals surface area contributed by atoms with Gasteiger partial charge in [0.05, 0.1) is 10.9 Å². The van der Waals surface area contributed by atoms with E-state index in [1.807, 2.05) is 0 Å². The Labute approximate surface area is 152 Å². The molecule has 0 radical (unpaired) electrons. The van der Waals surface area contributed by atoms with Gasteiger partial charge in [0, 0.05) is 6.54 Å². The van der Waals surface area contributed by atoms with E-state index in [2.05, 4.69) is 34.7 Å². The summed E-state index contributed by atoms with van der Waals surface area (Å²) in [5, 5.41) is 3.16. The van der Waals surface area contributed by atoms with Gasteiger partial charge in [-0.05, 0) is 55.7 Å². The molecule has 0 unspecified atom stereocenters. The normalized spacial score (nSPS) is 12.5. The van der Waals surface area contributed by atoms with Gasteiger partial charge in [-0.1, -0.05) is 13.8 Å². The average molecular weight is 391 g/mol. The van der Waals surface area contributed by atoms with E-state index in [0.29, 0.717) is 12.5 Å². The van der Waals surface area contributed by atoms with Crippen LogP contribution in [0.5, 0.6) is 0 Å². The molecule has 0 bridgehead atoms. The zero-order chi connectivity index (χ0) is 19.0. The molecule has 0 spiro atoms. The highest BCUT2D eigenvalue weighted by Gasteiger charge is 2.22. The molecule has 0 aromatic heterocycles. The molecule has 7 nitrogen and oxygen atoms in total. The maximum Gasteiger partial charge on any atom is 0.256 e. The fourth-order valence-electron chi connectivity index (χ4n) is 1.71. The number of hydrogen-bond acceptors (Lipinski definition) is 4. The predicted octanol–water partition coefficient (Wildman–Crippen LogP) is 1.03. The van der Waals surface area contributed by atoms with Gasteiger partial charge in [-0.2, -0.15) is 4.72 Å². The van der Waals surface area contributed by atoms with Gasteiger partial charge >= 0.3 is 0 Å². The summed E-state index contributed by atoms with van der Waals surface area (Å²) in [6.07, 6.45) is 0.920. The van der Waals surface area contributed by atoms with Crippen molar-refractivity contribution in [1.29, 1.82) is 0 Å². The second-order valence-corrected chi connectivity index (χ2v) is 7.97. The van der Waals surface area contributed by atoms with Crippen molar-refractivity contribution in [3.05, 3.63) is 30.1 Å². The van der Waals surface area contributed by atoms with E-state index in [1.54, 1.807) is 0 Å². The van der Waals surface area contributed by atoms with Crippen LogP contribution in [0.4, 0.5) is 4.39 Å². The van der Waals surface area contributed by atoms with Crippen LogP contribution in [0.25, 0.3) is 0 Å². The predicted molar refractivity (Wildman–Crippen MR) is 97.5 cm³/mol. The van der Waals surface area contributed by atoms with Crippen LogP contribution in [0.1, 0.15) is 27.2 Å². The number of rotatable bonds is 7. The fraction of sp³-hybridized carbons (Fsp3) is 0.467. The standard InChI is InChI=1S/C15H23FN4O3S2/c1-10(2)8-9-17-15(24)19-18-14(21)11(3)20-25(22,23)13-6-4-12(16)5-7-13/h4-7,10-11,20H,8-9H2,1-3H3,(H,18,21)(H2,17,19,24)/t11-/m0/s1. The second-order valence-electron chi connectivity index (χ2n) is 5.85. The van der Waals surface area contributed by atoms with E-state index >= 15 is 0 Å². The van der Waals surface area contributed by atoms with E-state index < -0.39 is 27.8 Å². The molecule has 0 fully saturated rings. The zero-order valence-corrected chi connectivity index (χ0v) is 15.9. The summed E-state index contributed by atoms with van der Waals surface area (Å²) < 4.78 is 39.3. The third-order valence-electron chi connectivity index (χ3n) is 3.16. The Bertz CT molecular complexity index is 693. The Kier molecular flexibility index (Phi) is 8.20. The molecule has 1 atom stereocenters. The van der Waals surface area contributed by atoms with Crippen LogP contribution in [0.15, 0.2) is 29.2 Å². The smallest absolute Gasteiger partial charge is 0.256 e. The van der Waals surface area contributed by atoms with Gasteiger partial charge < -0.3 is 5.32 Å². The molecule has 1 aromatic rings. The molecule has 140 valence electrons. The molecule has 0 saturated heterocycles. The number of thiocarbonyl (C=S) groups is 1. The lowest BCUT2D eigenvalue weighted by atomic mass is 10.1. The molecule has 1 amide bonds. The number of hydrogen-bond donors (Lipinski definition) is 4. The highest BCUT2D eigenvalue weighted by molar-refractivity contribution is 7.89. The molecule has 1 aromatic carbocycles. The Morgan fingerprint density at radius 3 is 2.32 bits per heavy atom. The number of hydrazine groups is 1. The van der Waals surface area contributed by atoms with Crippen LogP contribution >= 0.6 is 12.2 Å². The van der Waals surface area contributed by atoms with Crippen molar-refractivity contribution >= 4 is 33.3 Å². The molecule has 10 heteroatoms. The Hall–Kier alpha value is -1.78. The molecule has 1 rings (SSSR count). The van der Waals surface area contributed by atoms with Gasteiger partial charge in [-0.3, -0.25) is 15.6 Å². The number of amides is 1. The zero-order valence-electron chi connectivity index (χ0n) is 14.3. The van der Waals surface area contributed by atoms with E-state index in [4.69, 9.17) is 12.2 Å². The maximum absolute atomic E-state index is 12.9. The highest BCUT2D eigenvalue weighted by atomic mass is 32.2. The Morgan fingerprint density at radius 2 is 1.76 bits per heavy atom. The summed E-state index contributed by atoms with van der Waals surface area (Å²) in [5.74, 6) is -0.642. The molecular weight excluding hydrogens is 367 g/mol. The van der Waals surface area contributed by atoms with Crippen LogP contribution in [0.2, 0.25) is 0 Å². The topological polar surface area (TPSA) is 99.3 Å². The van der Waals surface area contributed by atoms with Crippen LogP contribution in [0, 0.1) is 11.7 Å². The lowest BCUT2D eigenvalue weighted by Crippen LogP contribution is -2.53. The summed E-state index contributed by atoms with van der Waals surface area (Å²) in [5.41, 5.74) is 4.83. The molecule has 0 heterocycles. The third kappa shape index (κ3) is 7.76. The lowest BCUT2D eigenvalue weighted by Gasteiger charge is -2.16. The van der Waals surface area contributed by atoms with Crippen molar-refractivity contribution < 1.29 is 17.6 Å². The van der Waals surface area contributed by atoms with Gasteiger partial charge in [0.1, 0.15) is 5.82 Å². The van der Waals surface area contributed by atoms with Crippen molar-refractivity contribution in [3.63, 3.8) is 0 Å². The quantitative estimate of drug-likeness (QED) is 0.410. The van der Waals surface area contributed by atoms with Gasteiger partial charge in [-0.15, -0.1) is 0 Å². The van der Waals surface area contributed by atoms with Crippen molar-refractivity contribution in [2.24, 2.45) is 5.92 Å². The summed E-state index contributed by atoms with van der Waals surface area (Å²) in [4.78, 5) is 11.8. The first-order chi connectivity index (χ1) is 11.6. The molecule has 0 saturated carbocycles. The van der Waals surface area contributed by atoms with Crippen molar-refractivity contribution in [2.45, 2.75) is 38.1 Å². The van der Waals surface area contributed by atoms with Gasteiger partial charge in [0.15, 0.2) is 5.11 Å². The summed E-state index contributed by atoms with van der Waals surface area (Å²) in [7, 11) is -3.94. The minimum absolute atomic E-state index is 0.132. The summed E-state index contributed by atoms with van der Waals surface area (Å²) in [6, 6.07) is 3.24. The minimum atomic E-state index is -3.94. The van der Waals surface area contributed by atoms with E-state index in [0.717, 1.165) is 30.7 Å². The van der Waals surface area contributed by atoms with Crippen LogP contribution in [-0.2, 0) is 14.8 Å². The van der Waals surface area contributed by atoms with Crippen molar-refractivity contribution in [2.75, 3.05) is 6.54 Å². The number of nitrogens with one attached hydrogen (secondary N) is 4. The Balaban J connectivity index is 2.48.